The fraction of sp³-hybridized carbons (Fsp3) is 0.842. The Kier molecular flexibility index (Phi) is 13.2. The number of hydrogen-bond acceptors (Lipinski definition) is 6. The lowest BCUT2D eigenvalue weighted by atomic mass is 9.84. The van der Waals surface area contributed by atoms with E-state index in [-0.39, 0.29) is 53.7 Å². The van der Waals surface area contributed by atoms with E-state index < -0.39 is 17.5 Å². The molecule has 48 heavy (non-hydrogen) atoms. The van der Waals surface area contributed by atoms with E-state index in [1.54, 1.807) is 16.8 Å². The molecule has 0 saturated carbocycles. The lowest BCUT2D eigenvalue weighted by molar-refractivity contribution is -0.143. The van der Waals surface area contributed by atoms with Crippen LogP contribution in [0.1, 0.15) is 113 Å². The molecule has 4 heterocycles. The van der Waals surface area contributed by atoms with Crippen LogP contribution in [0.4, 0.5) is 0 Å². The van der Waals surface area contributed by atoms with E-state index in [0.717, 1.165) is 71.2 Å². The molecule has 0 spiro atoms. The molecular weight excluding hydrogens is 604 g/mol. The molecule has 1 N–H and O–H groups in total. The normalized spacial score (nSPS) is 26.0. The van der Waals surface area contributed by atoms with Crippen LogP contribution in [0.5, 0.6) is 0 Å². The Balaban J connectivity index is 1.47. The van der Waals surface area contributed by atoms with Crippen LogP contribution < -0.4 is 5.32 Å². The summed E-state index contributed by atoms with van der Waals surface area (Å²) in [6.45, 7) is 21.5. The first kappa shape index (κ1) is 38.3. The smallest absolute Gasteiger partial charge is 0.249 e. The quantitative estimate of drug-likeness (QED) is 0.330. The molecular formula is C38H66N6O4. The minimum atomic E-state index is -0.717. The number of carbonyl (C=O) groups excluding carboxylic acids is 4. The number of carbonyl (C=O) groups is 4. The van der Waals surface area contributed by atoms with Crippen LogP contribution >= 0.6 is 0 Å². The van der Waals surface area contributed by atoms with E-state index in [9.17, 15) is 19.2 Å². The average Bonchev–Trinajstić information content (AvgIpc) is 3.83. The molecule has 10 nitrogen and oxygen atoms in total. The monoisotopic (exact) mass is 671 g/mol. The molecule has 272 valence electrons. The van der Waals surface area contributed by atoms with Crippen molar-refractivity contribution in [3.05, 3.63) is 11.6 Å². The van der Waals surface area contributed by atoms with E-state index in [1.807, 2.05) is 47.6 Å². The predicted molar refractivity (Wildman–Crippen MR) is 191 cm³/mol. The minimum Gasteiger partial charge on any atom is -0.342 e. The number of likely N-dealkylation sites (tertiary alicyclic amines) is 4. The van der Waals surface area contributed by atoms with Gasteiger partial charge in [0.1, 0.15) is 12.1 Å². The summed E-state index contributed by atoms with van der Waals surface area (Å²) in [5, 5.41) is 3.17. The van der Waals surface area contributed by atoms with E-state index in [4.69, 9.17) is 0 Å². The first-order chi connectivity index (χ1) is 22.6. The van der Waals surface area contributed by atoms with Crippen molar-refractivity contribution in [1.29, 1.82) is 0 Å². The molecule has 4 fully saturated rings. The molecule has 5 atom stereocenters. The zero-order chi connectivity index (χ0) is 35.3. The molecule has 4 aliphatic rings. The molecule has 0 aromatic rings. The summed E-state index contributed by atoms with van der Waals surface area (Å²) < 4.78 is 0. The maximum atomic E-state index is 14.2. The summed E-state index contributed by atoms with van der Waals surface area (Å²) in [6, 6.07) is -1.26. The third kappa shape index (κ3) is 9.01. The maximum Gasteiger partial charge on any atom is 0.249 e. The highest BCUT2D eigenvalue weighted by atomic mass is 16.2. The van der Waals surface area contributed by atoms with Gasteiger partial charge in [0.2, 0.25) is 23.6 Å². The molecule has 1 unspecified atom stereocenters. The molecule has 4 rings (SSSR count). The summed E-state index contributed by atoms with van der Waals surface area (Å²) in [5.74, 6) is -0.247. The molecule has 0 aliphatic carbocycles. The molecule has 0 aromatic heterocycles. The average molecular weight is 671 g/mol. The Bertz CT molecular complexity index is 1170. The van der Waals surface area contributed by atoms with Gasteiger partial charge in [0, 0.05) is 44.3 Å². The summed E-state index contributed by atoms with van der Waals surface area (Å²) in [7, 11) is 1.78. The lowest BCUT2D eigenvalue weighted by Crippen LogP contribution is -2.60. The predicted octanol–water partition coefficient (Wildman–Crippen LogP) is 4.29. The number of piperidine rings is 1. The van der Waals surface area contributed by atoms with Crippen LogP contribution in [-0.2, 0) is 19.2 Å². The van der Waals surface area contributed by atoms with Gasteiger partial charge >= 0.3 is 0 Å². The van der Waals surface area contributed by atoms with Gasteiger partial charge in [-0.2, -0.15) is 0 Å². The number of likely N-dealkylation sites (N-methyl/N-ethyl adjacent to an activating group) is 1. The topological polar surface area (TPSA) is 96.5 Å². The molecule has 4 amide bonds. The first-order valence-electron chi connectivity index (χ1n) is 19.0. The van der Waals surface area contributed by atoms with Crippen LogP contribution in [-0.4, -0.2) is 131 Å². The second-order valence-electron chi connectivity index (χ2n) is 16.7. The van der Waals surface area contributed by atoms with Gasteiger partial charge in [0.05, 0.1) is 12.1 Å². The summed E-state index contributed by atoms with van der Waals surface area (Å²) in [6.07, 6.45) is 10.8. The van der Waals surface area contributed by atoms with Crippen molar-refractivity contribution in [3.8, 4) is 0 Å². The Hall–Kier alpha value is -2.46. The van der Waals surface area contributed by atoms with Gasteiger partial charge in [-0.25, -0.2) is 0 Å². The molecule has 4 aliphatic heterocycles. The number of amides is 4. The van der Waals surface area contributed by atoms with Gasteiger partial charge in [-0.1, -0.05) is 47.1 Å². The van der Waals surface area contributed by atoms with Crippen molar-refractivity contribution in [3.63, 3.8) is 0 Å². The highest BCUT2D eigenvalue weighted by Crippen LogP contribution is 2.29. The molecule has 0 aromatic carbocycles. The van der Waals surface area contributed by atoms with Crippen molar-refractivity contribution in [2.45, 2.75) is 149 Å². The van der Waals surface area contributed by atoms with E-state index in [2.05, 4.69) is 33.9 Å². The van der Waals surface area contributed by atoms with Crippen LogP contribution in [0.15, 0.2) is 11.6 Å². The van der Waals surface area contributed by atoms with Crippen LogP contribution in [0.25, 0.3) is 0 Å². The van der Waals surface area contributed by atoms with E-state index in [1.165, 1.54) is 12.8 Å². The second-order valence-corrected chi connectivity index (χ2v) is 16.7. The van der Waals surface area contributed by atoms with Crippen molar-refractivity contribution in [1.82, 2.24) is 29.8 Å². The first-order valence-corrected chi connectivity index (χ1v) is 19.0. The Morgan fingerprint density at radius 2 is 1.42 bits per heavy atom. The standard InChI is InChI=1S/C38H66N6O4/c1-26(2)32(40(9)37(48)33(38(6,7)8)39-34(45)30-17-10-11-21-42(30)27(3)4)24-28(5)35(46)44-23-15-18-31(44)36(47)43-22-14-16-29(43)25-41-19-12-13-20-41/h24,26-27,29-33H,10-23,25H2,1-9H3,(H,39,45)/t29-,30?,31-,32+,33+/m0/s1. The third-order valence-electron chi connectivity index (χ3n) is 11.3. The third-order valence-corrected chi connectivity index (χ3v) is 11.3. The Labute approximate surface area is 291 Å². The van der Waals surface area contributed by atoms with Gasteiger partial charge in [0.25, 0.3) is 0 Å². The highest BCUT2D eigenvalue weighted by Gasteiger charge is 2.42. The second kappa shape index (κ2) is 16.5. The molecule has 10 heteroatoms. The minimum absolute atomic E-state index is 0.0275. The van der Waals surface area contributed by atoms with E-state index >= 15 is 0 Å². The Morgan fingerprint density at radius 1 is 0.812 bits per heavy atom. The molecule has 4 saturated heterocycles. The Morgan fingerprint density at radius 3 is 2.04 bits per heavy atom. The molecule has 0 bridgehead atoms. The van der Waals surface area contributed by atoms with Gasteiger partial charge in [-0.15, -0.1) is 0 Å². The zero-order valence-corrected chi connectivity index (χ0v) is 31.6. The number of rotatable bonds is 11. The van der Waals surface area contributed by atoms with Crippen molar-refractivity contribution < 1.29 is 19.2 Å². The zero-order valence-electron chi connectivity index (χ0n) is 31.6. The largest absolute Gasteiger partial charge is 0.342 e. The highest BCUT2D eigenvalue weighted by molar-refractivity contribution is 5.97. The van der Waals surface area contributed by atoms with Crippen molar-refractivity contribution >= 4 is 23.6 Å². The van der Waals surface area contributed by atoms with Gasteiger partial charge < -0.3 is 24.9 Å². The van der Waals surface area contributed by atoms with Gasteiger partial charge in [-0.3, -0.25) is 24.1 Å². The maximum absolute atomic E-state index is 14.2. The fourth-order valence-corrected chi connectivity index (χ4v) is 8.43. The number of nitrogens with one attached hydrogen (secondary N) is 1. The van der Waals surface area contributed by atoms with E-state index in [0.29, 0.717) is 18.5 Å². The lowest BCUT2D eigenvalue weighted by Gasteiger charge is -2.41. The van der Waals surface area contributed by atoms with Crippen LogP contribution in [0.3, 0.4) is 0 Å². The van der Waals surface area contributed by atoms with Gasteiger partial charge in [-0.05, 0) is 103 Å². The molecule has 0 radical (unpaired) electrons. The summed E-state index contributed by atoms with van der Waals surface area (Å²) in [5.41, 5.74) is 0.0361. The number of nitrogens with zero attached hydrogens (tertiary/aromatic N) is 5. The number of hydrogen-bond donors (Lipinski definition) is 1. The van der Waals surface area contributed by atoms with Gasteiger partial charge in [0.15, 0.2) is 0 Å². The fourth-order valence-electron chi connectivity index (χ4n) is 8.43. The van der Waals surface area contributed by atoms with Crippen LogP contribution in [0, 0.1) is 11.3 Å². The van der Waals surface area contributed by atoms with Crippen molar-refractivity contribution in [2.24, 2.45) is 11.3 Å². The summed E-state index contributed by atoms with van der Waals surface area (Å²) >= 11 is 0. The SMILES string of the molecule is CC(=C[C@H](C(C)C)N(C)C(=O)[C@@H](NC(=O)C1CCCCN1C(C)C)C(C)(C)C)C(=O)N1CCC[C@H]1C(=O)N1CCC[C@H]1CN1CCCC1. The summed E-state index contributed by atoms with van der Waals surface area (Å²) in [4.78, 5) is 66.1. The van der Waals surface area contributed by atoms with Crippen molar-refractivity contribution in [2.75, 3.05) is 46.3 Å². The van der Waals surface area contributed by atoms with Crippen LogP contribution in [0.2, 0.25) is 0 Å².